The number of hydrogen-bond acceptors (Lipinski definition) is 5. The van der Waals surface area contributed by atoms with E-state index in [1.807, 2.05) is 42.9 Å². The van der Waals surface area contributed by atoms with Gasteiger partial charge in [0.25, 0.3) is 0 Å². The first-order valence-electron chi connectivity index (χ1n) is 9.35. The van der Waals surface area contributed by atoms with E-state index < -0.39 is 0 Å². The average molecular weight is 411 g/mol. The number of amides is 1. The van der Waals surface area contributed by atoms with E-state index in [1.54, 1.807) is 12.0 Å². The predicted octanol–water partition coefficient (Wildman–Crippen LogP) is 3.86. The molecule has 7 heteroatoms. The van der Waals surface area contributed by atoms with Crippen molar-refractivity contribution in [3.8, 4) is 17.1 Å². The fourth-order valence-corrected chi connectivity index (χ4v) is 3.89. The van der Waals surface area contributed by atoms with Crippen LogP contribution < -0.4 is 4.74 Å². The summed E-state index contributed by atoms with van der Waals surface area (Å²) in [4.78, 5) is 14.3. The smallest absolute Gasteiger partial charge is 0.233 e. The summed E-state index contributed by atoms with van der Waals surface area (Å²) in [5.41, 5.74) is 4.54. The number of aromatic nitrogens is 3. The Morgan fingerprint density at radius 3 is 2.52 bits per heavy atom. The van der Waals surface area contributed by atoms with Gasteiger partial charge in [-0.15, -0.1) is 10.2 Å². The Morgan fingerprint density at radius 2 is 1.86 bits per heavy atom. The van der Waals surface area contributed by atoms with Crippen molar-refractivity contribution in [2.24, 2.45) is 7.05 Å². The van der Waals surface area contributed by atoms with Crippen molar-refractivity contribution >= 4 is 17.7 Å². The highest BCUT2D eigenvalue weighted by Gasteiger charge is 2.15. The third kappa shape index (κ3) is 4.98. The van der Waals surface area contributed by atoms with Crippen molar-refractivity contribution in [3.05, 3.63) is 59.2 Å². The Bertz CT molecular complexity index is 999. The minimum absolute atomic E-state index is 0.0592. The Kier molecular flexibility index (Phi) is 6.59. The molecule has 29 heavy (non-hydrogen) atoms. The lowest BCUT2D eigenvalue weighted by atomic mass is 10.1. The fourth-order valence-electron chi connectivity index (χ4n) is 3.04. The van der Waals surface area contributed by atoms with Crippen LogP contribution in [0.4, 0.5) is 0 Å². The molecule has 0 saturated carbocycles. The molecular weight excluding hydrogens is 384 g/mol. The Morgan fingerprint density at radius 1 is 1.14 bits per heavy atom. The van der Waals surface area contributed by atoms with Gasteiger partial charge in [0.2, 0.25) is 5.91 Å². The summed E-state index contributed by atoms with van der Waals surface area (Å²) in [6, 6.07) is 14.0. The van der Waals surface area contributed by atoms with Gasteiger partial charge in [-0.1, -0.05) is 35.5 Å². The number of aryl methyl sites for hydroxylation is 2. The van der Waals surface area contributed by atoms with Crippen molar-refractivity contribution in [3.63, 3.8) is 0 Å². The van der Waals surface area contributed by atoms with Gasteiger partial charge in [0.05, 0.1) is 12.9 Å². The van der Waals surface area contributed by atoms with Gasteiger partial charge in [-0.25, -0.2) is 0 Å². The van der Waals surface area contributed by atoms with Gasteiger partial charge < -0.3 is 14.2 Å². The van der Waals surface area contributed by atoms with E-state index in [4.69, 9.17) is 4.74 Å². The number of thioether (sulfide) groups is 1. The first-order valence-corrected chi connectivity index (χ1v) is 10.3. The van der Waals surface area contributed by atoms with Crippen molar-refractivity contribution < 1.29 is 9.53 Å². The molecule has 6 nitrogen and oxygen atoms in total. The lowest BCUT2D eigenvalue weighted by Gasteiger charge is -2.18. The SMILES string of the molecule is COc1ccc(-c2nnc(SCC(=O)N(C)Cc3ccc(C)cc3C)n2C)cc1. The van der Waals surface area contributed by atoms with Crippen LogP contribution in [0.25, 0.3) is 11.4 Å². The zero-order valence-corrected chi connectivity index (χ0v) is 18.3. The molecule has 0 radical (unpaired) electrons. The third-order valence-corrected chi connectivity index (χ3v) is 5.84. The van der Waals surface area contributed by atoms with Crippen molar-refractivity contribution in [1.82, 2.24) is 19.7 Å². The lowest BCUT2D eigenvalue weighted by Crippen LogP contribution is -2.28. The quantitative estimate of drug-likeness (QED) is 0.554. The van der Waals surface area contributed by atoms with Crippen LogP contribution in [0.5, 0.6) is 5.75 Å². The van der Waals surface area contributed by atoms with E-state index in [9.17, 15) is 4.79 Å². The van der Waals surface area contributed by atoms with Crippen LogP contribution in [-0.2, 0) is 18.4 Å². The van der Waals surface area contributed by atoms with Crippen LogP contribution in [0.2, 0.25) is 0 Å². The normalized spacial score (nSPS) is 10.8. The molecule has 0 unspecified atom stereocenters. The number of hydrogen-bond donors (Lipinski definition) is 0. The average Bonchev–Trinajstić information content (AvgIpc) is 3.08. The highest BCUT2D eigenvalue weighted by Crippen LogP contribution is 2.24. The molecule has 0 aliphatic carbocycles. The number of carbonyl (C=O) groups excluding carboxylic acids is 1. The summed E-state index contributed by atoms with van der Waals surface area (Å²) >= 11 is 1.40. The fraction of sp³-hybridized carbons (Fsp3) is 0.318. The first-order chi connectivity index (χ1) is 13.9. The summed E-state index contributed by atoms with van der Waals surface area (Å²) < 4.78 is 7.10. The largest absolute Gasteiger partial charge is 0.497 e. The highest BCUT2D eigenvalue weighted by molar-refractivity contribution is 7.99. The molecule has 0 saturated heterocycles. The minimum Gasteiger partial charge on any atom is -0.497 e. The number of carbonyl (C=O) groups is 1. The Balaban J connectivity index is 1.62. The molecular formula is C22H26N4O2S. The maximum atomic E-state index is 12.6. The van der Waals surface area contributed by atoms with E-state index in [-0.39, 0.29) is 5.91 Å². The third-order valence-electron chi connectivity index (χ3n) is 4.84. The summed E-state index contributed by atoms with van der Waals surface area (Å²) in [6.07, 6.45) is 0. The monoisotopic (exact) mass is 410 g/mol. The summed E-state index contributed by atoms with van der Waals surface area (Å²) in [6.45, 7) is 4.75. The van der Waals surface area contributed by atoms with Crippen LogP contribution in [0.15, 0.2) is 47.6 Å². The predicted molar refractivity (Wildman–Crippen MR) is 116 cm³/mol. The number of rotatable bonds is 7. The molecule has 1 heterocycles. The molecule has 0 atom stereocenters. The van der Waals surface area contributed by atoms with Crippen molar-refractivity contribution in [1.29, 1.82) is 0 Å². The zero-order chi connectivity index (χ0) is 21.0. The molecule has 0 fully saturated rings. The molecule has 3 aromatic rings. The van der Waals surface area contributed by atoms with Crippen molar-refractivity contribution in [2.45, 2.75) is 25.5 Å². The molecule has 152 valence electrons. The number of benzene rings is 2. The topological polar surface area (TPSA) is 60.3 Å². The Labute approximate surface area is 175 Å². The van der Waals surface area contributed by atoms with E-state index in [2.05, 4.69) is 42.2 Å². The standard InChI is InChI=1S/C22H26N4O2S/c1-15-6-7-18(16(2)12-15)13-25(3)20(27)14-29-22-24-23-21(26(22)4)17-8-10-19(28-5)11-9-17/h6-12H,13-14H2,1-5H3. The minimum atomic E-state index is 0.0592. The summed E-state index contributed by atoms with van der Waals surface area (Å²) in [7, 11) is 5.38. The number of nitrogens with zero attached hydrogens (tertiary/aromatic N) is 4. The number of methoxy groups -OCH3 is 1. The van der Waals surface area contributed by atoms with Crippen LogP contribution >= 0.6 is 11.8 Å². The van der Waals surface area contributed by atoms with E-state index in [1.165, 1.54) is 22.9 Å². The van der Waals surface area contributed by atoms with Gasteiger partial charge in [-0.3, -0.25) is 4.79 Å². The molecule has 1 amide bonds. The summed E-state index contributed by atoms with van der Waals surface area (Å²) in [5, 5.41) is 9.24. The highest BCUT2D eigenvalue weighted by atomic mass is 32.2. The molecule has 0 aliphatic rings. The zero-order valence-electron chi connectivity index (χ0n) is 17.5. The molecule has 1 aromatic heterocycles. The van der Waals surface area contributed by atoms with Crippen molar-refractivity contribution in [2.75, 3.05) is 19.9 Å². The maximum Gasteiger partial charge on any atom is 0.233 e. The molecule has 0 aliphatic heterocycles. The second-order valence-corrected chi connectivity index (χ2v) is 8.00. The molecule has 0 spiro atoms. The second kappa shape index (κ2) is 9.13. The Hall–Kier alpha value is -2.80. The molecule has 0 bridgehead atoms. The van der Waals surface area contributed by atoms with Crippen LogP contribution in [0.1, 0.15) is 16.7 Å². The lowest BCUT2D eigenvalue weighted by molar-refractivity contribution is -0.127. The van der Waals surface area contributed by atoms with Crippen LogP contribution in [0, 0.1) is 13.8 Å². The van der Waals surface area contributed by atoms with Gasteiger partial charge in [-0.2, -0.15) is 0 Å². The summed E-state index contributed by atoms with van der Waals surface area (Å²) in [5.74, 6) is 1.92. The van der Waals surface area contributed by atoms with E-state index in [0.29, 0.717) is 17.5 Å². The first kappa shape index (κ1) is 20.9. The van der Waals surface area contributed by atoms with Gasteiger partial charge in [-0.05, 0) is 49.2 Å². The maximum absolute atomic E-state index is 12.6. The van der Waals surface area contributed by atoms with Gasteiger partial charge >= 0.3 is 0 Å². The second-order valence-electron chi connectivity index (χ2n) is 7.06. The molecule has 3 rings (SSSR count). The van der Waals surface area contributed by atoms with Gasteiger partial charge in [0.1, 0.15) is 5.75 Å². The van der Waals surface area contributed by atoms with Gasteiger partial charge in [0.15, 0.2) is 11.0 Å². The van der Waals surface area contributed by atoms with Crippen LogP contribution in [-0.4, -0.2) is 45.5 Å². The van der Waals surface area contributed by atoms with E-state index >= 15 is 0 Å². The van der Waals surface area contributed by atoms with Crippen LogP contribution in [0.3, 0.4) is 0 Å². The number of ether oxygens (including phenoxy) is 1. The molecule has 2 aromatic carbocycles. The molecule has 0 N–H and O–H groups in total. The van der Waals surface area contributed by atoms with Gasteiger partial charge in [0, 0.05) is 26.2 Å². The van der Waals surface area contributed by atoms with E-state index in [0.717, 1.165) is 22.7 Å².